The van der Waals surface area contributed by atoms with Crippen molar-refractivity contribution in [3.63, 3.8) is 0 Å². The SMILES string of the molecule is CCCCCCCCCCCCNCCCN(C)C. The number of hydrogen-bond donors (Lipinski definition) is 1. The first-order valence-electron chi connectivity index (χ1n) is 8.62. The van der Waals surface area contributed by atoms with Crippen LogP contribution < -0.4 is 5.32 Å². The summed E-state index contributed by atoms with van der Waals surface area (Å²) in [5.74, 6) is 0. The molecular weight excluding hydrogens is 232 g/mol. The van der Waals surface area contributed by atoms with Crippen molar-refractivity contribution in [2.24, 2.45) is 0 Å². The quantitative estimate of drug-likeness (QED) is 0.442. The third-order valence-corrected chi connectivity index (χ3v) is 3.67. The molecule has 19 heavy (non-hydrogen) atoms. The Kier molecular flexibility index (Phi) is 15.9. The van der Waals surface area contributed by atoms with E-state index < -0.39 is 0 Å². The Morgan fingerprint density at radius 3 is 1.63 bits per heavy atom. The first-order valence-corrected chi connectivity index (χ1v) is 8.62. The molecule has 0 aromatic rings. The van der Waals surface area contributed by atoms with Gasteiger partial charge in [-0.05, 0) is 46.6 Å². The molecule has 0 aliphatic heterocycles. The molecule has 0 rings (SSSR count). The fraction of sp³-hybridized carbons (Fsp3) is 1.00. The van der Waals surface area contributed by atoms with Gasteiger partial charge in [-0.25, -0.2) is 0 Å². The summed E-state index contributed by atoms with van der Waals surface area (Å²) in [6.45, 7) is 5.87. The number of hydrogen-bond acceptors (Lipinski definition) is 2. The highest BCUT2D eigenvalue weighted by Gasteiger charge is 1.93. The Balaban J connectivity index is 2.91. The van der Waals surface area contributed by atoms with Crippen LogP contribution in [0.15, 0.2) is 0 Å². The molecule has 0 saturated heterocycles. The van der Waals surface area contributed by atoms with E-state index in [1.54, 1.807) is 0 Å². The smallest absolute Gasteiger partial charge is 0.00127 e. The van der Waals surface area contributed by atoms with Crippen molar-refractivity contribution in [3.05, 3.63) is 0 Å². The highest BCUT2D eigenvalue weighted by Crippen LogP contribution is 2.10. The predicted octanol–water partition coefficient (Wildman–Crippen LogP) is 4.45. The number of rotatable bonds is 15. The number of nitrogens with one attached hydrogen (secondary N) is 1. The van der Waals surface area contributed by atoms with E-state index in [0.717, 1.165) is 0 Å². The Bertz CT molecular complexity index is 157. The van der Waals surface area contributed by atoms with Crippen LogP contribution in [0.3, 0.4) is 0 Å². The van der Waals surface area contributed by atoms with Crippen LogP contribution in [0.4, 0.5) is 0 Å². The molecule has 0 aliphatic rings. The van der Waals surface area contributed by atoms with Crippen molar-refractivity contribution in [2.45, 2.75) is 77.6 Å². The molecule has 0 atom stereocenters. The van der Waals surface area contributed by atoms with Gasteiger partial charge in [0.05, 0.1) is 0 Å². The lowest BCUT2D eigenvalue weighted by molar-refractivity contribution is 0.393. The fourth-order valence-electron chi connectivity index (χ4n) is 2.38. The zero-order valence-corrected chi connectivity index (χ0v) is 13.8. The van der Waals surface area contributed by atoms with Crippen LogP contribution in [0.25, 0.3) is 0 Å². The van der Waals surface area contributed by atoms with Gasteiger partial charge in [-0.15, -0.1) is 0 Å². The van der Waals surface area contributed by atoms with Crippen LogP contribution in [0, 0.1) is 0 Å². The van der Waals surface area contributed by atoms with Crippen LogP contribution in [-0.2, 0) is 0 Å². The van der Waals surface area contributed by atoms with Crippen molar-refractivity contribution in [1.29, 1.82) is 0 Å². The summed E-state index contributed by atoms with van der Waals surface area (Å²) >= 11 is 0. The molecule has 0 bridgehead atoms. The Labute approximate surface area is 122 Å². The standard InChI is InChI=1S/C17H38N2/c1-4-5-6-7-8-9-10-11-12-13-15-18-16-14-17-19(2)3/h18H,4-17H2,1-3H3. The van der Waals surface area contributed by atoms with E-state index in [1.807, 2.05) is 0 Å². The molecule has 0 aromatic carbocycles. The minimum absolute atomic E-state index is 1.18. The van der Waals surface area contributed by atoms with Gasteiger partial charge in [-0.3, -0.25) is 0 Å². The molecule has 2 heteroatoms. The average molecular weight is 271 g/mol. The summed E-state index contributed by atoms with van der Waals surface area (Å²) in [6, 6.07) is 0. The Morgan fingerprint density at radius 2 is 1.11 bits per heavy atom. The molecule has 0 radical (unpaired) electrons. The van der Waals surface area contributed by atoms with Gasteiger partial charge in [0.25, 0.3) is 0 Å². The summed E-state index contributed by atoms with van der Waals surface area (Å²) in [4.78, 5) is 2.25. The first kappa shape index (κ1) is 18.9. The molecule has 1 N–H and O–H groups in total. The molecule has 0 amide bonds. The second kappa shape index (κ2) is 16.0. The molecule has 2 nitrogen and oxygen atoms in total. The van der Waals surface area contributed by atoms with Crippen molar-refractivity contribution in [1.82, 2.24) is 10.2 Å². The maximum Gasteiger partial charge on any atom is -0.00127 e. The summed E-state index contributed by atoms with van der Waals surface area (Å²) < 4.78 is 0. The first-order chi connectivity index (χ1) is 9.27. The third kappa shape index (κ3) is 17.9. The van der Waals surface area contributed by atoms with Crippen LogP contribution in [0.2, 0.25) is 0 Å². The predicted molar refractivity (Wildman–Crippen MR) is 87.9 cm³/mol. The van der Waals surface area contributed by atoms with Crippen molar-refractivity contribution in [2.75, 3.05) is 33.7 Å². The lowest BCUT2D eigenvalue weighted by atomic mass is 10.1. The van der Waals surface area contributed by atoms with Gasteiger partial charge in [-0.1, -0.05) is 64.7 Å². The van der Waals surface area contributed by atoms with Gasteiger partial charge in [-0.2, -0.15) is 0 Å². The second-order valence-electron chi connectivity index (χ2n) is 6.09. The maximum absolute atomic E-state index is 3.54. The maximum atomic E-state index is 3.54. The normalized spacial score (nSPS) is 11.4. The monoisotopic (exact) mass is 270 g/mol. The van der Waals surface area contributed by atoms with E-state index >= 15 is 0 Å². The lowest BCUT2D eigenvalue weighted by Gasteiger charge is -2.09. The van der Waals surface area contributed by atoms with Gasteiger partial charge in [0.2, 0.25) is 0 Å². The van der Waals surface area contributed by atoms with Gasteiger partial charge >= 0.3 is 0 Å². The molecule has 0 saturated carbocycles. The molecule has 0 fully saturated rings. The van der Waals surface area contributed by atoms with Crippen LogP contribution in [0.5, 0.6) is 0 Å². The van der Waals surface area contributed by atoms with Gasteiger partial charge < -0.3 is 10.2 Å². The zero-order chi connectivity index (χ0) is 14.2. The van der Waals surface area contributed by atoms with Gasteiger partial charge in [0, 0.05) is 0 Å². The van der Waals surface area contributed by atoms with E-state index in [0.29, 0.717) is 0 Å². The van der Waals surface area contributed by atoms with Gasteiger partial charge in [0.1, 0.15) is 0 Å². The highest BCUT2D eigenvalue weighted by atomic mass is 15.0. The van der Waals surface area contributed by atoms with Crippen LogP contribution >= 0.6 is 0 Å². The van der Waals surface area contributed by atoms with Crippen molar-refractivity contribution in [3.8, 4) is 0 Å². The highest BCUT2D eigenvalue weighted by molar-refractivity contribution is 4.52. The Morgan fingerprint density at radius 1 is 0.632 bits per heavy atom. The van der Waals surface area contributed by atoms with Crippen LogP contribution in [-0.4, -0.2) is 38.6 Å². The minimum atomic E-state index is 1.18. The number of nitrogens with zero attached hydrogens (tertiary/aromatic N) is 1. The molecule has 0 aromatic heterocycles. The topological polar surface area (TPSA) is 15.3 Å². The molecule has 0 aliphatic carbocycles. The second-order valence-corrected chi connectivity index (χ2v) is 6.09. The van der Waals surface area contributed by atoms with Crippen LogP contribution in [0.1, 0.15) is 77.6 Å². The summed E-state index contributed by atoms with van der Waals surface area (Å²) in [5, 5.41) is 3.54. The molecule has 0 spiro atoms. The van der Waals surface area contributed by atoms with E-state index in [9.17, 15) is 0 Å². The van der Waals surface area contributed by atoms with E-state index in [2.05, 4.69) is 31.2 Å². The van der Waals surface area contributed by atoms with E-state index in [1.165, 1.54) is 90.3 Å². The largest absolute Gasteiger partial charge is 0.317 e. The lowest BCUT2D eigenvalue weighted by Crippen LogP contribution is -2.22. The minimum Gasteiger partial charge on any atom is -0.317 e. The summed E-state index contributed by atoms with van der Waals surface area (Å²) in [6.07, 6.45) is 15.6. The average Bonchev–Trinajstić information content (AvgIpc) is 2.39. The molecule has 0 unspecified atom stereocenters. The van der Waals surface area contributed by atoms with Crippen molar-refractivity contribution < 1.29 is 0 Å². The zero-order valence-electron chi connectivity index (χ0n) is 13.8. The summed E-state index contributed by atoms with van der Waals surface area (Å²) in [7, 11) is 4.28. The summed E-state index contributed by atoms with van der Waals surface area (Å²) in [5.41, 5.74) is 0. The van der Waals surface area contributed by atoms with Gasteiger partial charge in [0.15, 0.2) is 0 Å². The molecular formula is C17H38N2. The fourth-order valence-corrected chi connectivity index (χ4v) is 2.38. The van der Waals surface area contributed by atoms with Crippen molar-refractivity contribution >= 4 is 0 Å². The molecule has 116 valence electrons. The Hall–Kier alpha value is -0.0800. The van der Waals surface area contributed by atoms with E-state index in [-0.39, 0.29) is 0 Å². The van der Waals surface area contributed by atoms with E-state index in [4.69, 9.17) is 0 Å². The molecule has 0 heterocycles. The number of unbranched alkanes of at least 4 members (excludes halogenated alkanes) is 9. The third-order valence-electron chi connectivity index (χ3n) is 3.67.